The fourth-order valence-electron chi connectivity index (χ4n) is 1.38. The molecule has 90 valence electrons. The summed E-state index contributed by atoms with van der Waals surface area (Å²) in [5.41, 5.74) is 1.64. The van der Waals surface area contributed by atoms with E-state index in [4.69, 9.17) is 0 Å². The van der Waals surface area contributed by atoms with Crippen molar-refractivity contribution in [2.24, 2.45) is 7.05 Å². The summed E-state index contributed by atoms with van der Waals surface area (Å²) < 4.78 is 4.12. The van der Waals surface area contributed by atoms with Gasteiger partial charge in [-0.05, 0) is 22.9 Å². The van der Waals surface area contributed by atoms with Crippen LogP contribution in [0.3, 0.4) is 0 Å². The Morgan fingerprint density at radius 1 is 1.47 bits per heavy atom. The molecule has 2 heterocycles. The molecule has 0 unspecified atom stereocenters. The quantitative estimate of drug-likeness (QED) is 0.929. The molecule has 0 radical (unpaired) electrons. The Hall–Kier alpha value is -1.63. The number of carbonyl (C=O) groups is 1. The molecule has 0 fully saturated rings. The summed E-state index contributed by atoms with van der Waals surface area (Å²) in [6, 6.07) is 0. The number of anilines is 1. The van der Waals surface area contributed by atoms with Gasteiger partial charge in [0, 0.05) is 13.2 Å². The summed E-state index contributed by atoms with van der Waals surface area (Å²) in [5.74, 6) is -0.128. The van der Waals surface area contributed by atoms with Crippen molar-refractivity contribution in [1.82, 2.24) is 19.6 Å². The summed E-state index contributed by atoms with van der Waals surface area (Å²) in [7, 11) is 1.83. The second-order valence-corrected chi connectivity index (χ2v) is 4.59. The van der Waals surface area contributed by atoms with E-state index in [1.807, 2.05) is 14.0 Å². The number of nitrogens with one attached hydrogen (secondary N) is 1. The highest BCUT2D eigenvalue weighted by Crippen LogP contribution is 2.12. The van der Waals surface area contributed by atoms with Crippen LogP contribution >= 0.6 is 15.9 Å². The number of nitrogens with zero attached hydrogens (tertiary/aromatic N) is 4. The maximum Gasteiger partial charge on any atom is 0.246 e. The van der Waals surface area contributed by atoms with E-state index in [9.17, 15) is 4.79 Å². The highest BCUT2D eigenvalue weighted by atomic mass is 79.9. The van der Waals surface area contributed by atoms with Crippen LogP contribution < -0.4 is 5.32 Å². The normalized spacial score (nSPS) is 10.5. The third-order valence-electron chi connectivity index (χ3n) is 2.42. The summed E-state index contributed by atoms with van der Waals surface area (Å²) in [6.07, 6.45) is 5.02. The monoisotopic (exact) mass is 297 g/mol. The van der Waals surface area contributed by atoms with Crippen LogP contribution in [0.2, 0.25) is 0 Å². The fraction of sp³-hybridized carbons (Fsp3) is 0.300. The second kappa shape index (κ2) is 4.70. The molecule has 1 amide bonds. The minimum Gasteiger partial charge on any atom is -0.322 e. The molecule has 2 aromatic heterocycles. The first-order valence-electron chi connectivity index (χ1n) is 5.02. The molecule has 0 aliphatic carbocycles. The second-order valence-electron chi connectivity index (χ2n) is 3.67. The van der Waals surface area contributed by atoms with Crippen molar-refractivity contribution >= 4 is 27.5 Å². The van der Waals surface area contributed by atoms with E-state index in [1.165, 1.54) is 0 Å². The zero-order valence-electron chi connectivity index (χ0n) is 9.51. The van der Waals surface area contributed by atoms with Gasteiger partial charge in [0.15, 0.2) is 0 Å². The van der Waals surface area contributed by atoms with Crippen LogP contribution in [0.25, 0.3) is 0 Å². The molecule has 0 saturated heterocycles. The van der Waals surface area contributed by atoms with Crippen molar-refractivity contribution in [1.29, 1.82) is 0 Å². The smallest absolute Gasteiger partial charge is 0.246 e. The third kappa shape index (κ3) is 2.73. The predicted molar refractivity (Wildman–Crippen MR) is 66.5 cm³/mol. The number of halogens is 1. The highest BCUT2D eigenvalue weighted by Gasteiger charge is 2.09. The Kier molecular flexibility index (Phi) is 3.28. The summed E-state index contributed by atoms with van der Waals surface area (Å²) in [6.45, 7) is 2.08. The molecule has 0 aliphatic heterocycles. The Bertz CT molecular complexity index is 545. The Morgan fingerprint density at radius 3 is 2.76 bits per heavy atom. The van der Waals surface area contributed by atoms with Crippen molar-refractivity contribution in [3.8, 4) is 0 Å². The average molecular weight is 298 g/mol. The van der Waals surface area contributed by atoms with E-state index in [0.717, 1.165) is 15.9 Å². The van der Waals surface area contributed by atoms with Gasteiger partial charge in [0.05, 0.1) is 28.2 Å². The lowest BCUT2D eigenvalue weighted by Gasteiger charge is -2.04. The van der Waals surface area contributed by atoms with E-state index in [1.54, 1.807) is 28.0 Å². The minimum atomic E-state index is -0.128. The third-order valence-corrected chi connectivity index (χ3v) is 2.83. The molecule has 0 atom stereocenters. The molecule has 0 aliphatic rings. The van der Waals surface area contributed by atoms with Crippen molar-refractivity contribution in [2.75, 3.05) is 5.32 Å². The van der Waals surface area contributed by atoms with Crippen LogP contribution in [0.15, 0.2) is 23.1 Å². The number of aromatic nitrogens is 4. The van der Waals surface area contributed by atoms with E-state index in [0.29, 0.717) is 0 Å². The maximum atomic E-state index is 11.7. The molecule has 7 heteroatoms. The molecule has 0 saturated carbocycles. The number of hydrogen-bond acceptors (Lipinski definition) is 3. The largest absolute Gasteiger partial charge is 0.322 e. The number of hydrogen-bond donors (Lipinski definition) is 1. The zero-order valence-corrected chi connectivity index (χ0v) is 11.1. The molecule has 0 aromatic carbocycles. The lowest BCUT2D eigenvalue weighted by atomic mass is 10.4. The molecule has 0 spiro atoms. The van der Waals surface area contributed by atoms with Gasteiger partial charge in [-0.1, -0.05) is 0 Å². The van der Waals surface area contributed by atoms with Gasteiger partial charge in [0.2, 0.25) is 5.91 Å². The average Bonchev–Trinajstić information content (AvgIpc) is 2.79. The van der Waals surface area contributed by atoms with Gasteiger partial charge in [-0.15, -0.1) is 0 Å². The molecule has 1 N–H and O–H groups in total. The standard InChI is InChI=1S/C10H12BrN5O/c1-7-9(4-12-15(7)2)14-10(17)6-16-5-8(11)3-13-16/h3-5H,6H2,1-2H3,(H,14,17). The number of rotatable bonds is 3. The first-order valence-corrected chi connectivity index (χ1v) is 5.82. The SMILES string of the molecule is Cc1c(NC(=O)Cn2cc(Br)cn2)cnn1C. The summed E-state index contributed by atoms with van der Waals surface area (Å²) >= 11 is 3.28. The Labute approximate surface area is 107 Å². The lowest BCUT2D eigenvalue weighted by Crippen LogP contribution is -2.19. The Balaban J connectivity index is 2.00. The van der Waals surface area contributed by atoms with Crippen molar-refractivity contribution in [2.45, 2.75) is 13.5 Å². The molecule has 2 aromatic rings. The zero-order chi connectivity index (χ0) is 12.4. The van der Waals surface area contributed by atoms with E-state index >= 15 is 0 Å². The molecule has 2 rings (SSSR count). The first-order chi connectivity index (χ1) is 8.06. The molecular formula is C10H12BrN5O. The number of amides is 1. The maximum absolute atomic E-state index is 11.7. The van der Waals surface area contributed by atoms with Crippen molar-refractivity contribution in [3.63, 3.8) is 0 Å². The van der Waals surface area contributed by atoms with Gasteiger partial charge in [-0.2, -0.15) is 10.2 Å². The van der Waals surface area contributed by atoms with Crippen LogP contribution in [-0.4, -0.2) is 25.5 Å². The first kappa shape index (κ1) is 11.8. The fourth-order valence-corrected chi connectivity index (χ4v) is 1.71. The van der Waals surface area contributed by atoms with Gasteiger partial charge < -0.3 is 5.32 Å². The van der Waals surface area contributed by atoms with Crippen LogP contribution in [0.4, 0.5) is 5.69 Å². The van der Waals surface area contributed by atoms with E-state index < -0.39 is 0 Å². The Morgan fingerprint density at radius 2 is 2.24 bits per heavy atom. The van der Waals surface area contributed by atoms with Gasteiger partial charge in [-0.3, -0.25) is 14.2 Å². The predicted octanol–water partition coefficient (Wildman–Crippen LogP) is 1.33. The molecule has 0 bridgehead atoms. The minimum absolute atomic E-state index is 0.128. The number of aryl methyl sites for hydroxylation is 1. The van der Waals surface area contributed by atoms with Crippen LogP contribution in [0.1, 0.15) is 5.69 Å². The molecular weight excluding hydrogens is 286 g/mol. The summed E-state index contributed by atoms with van der Waals surface area (Å²) in [4.78, 5) is 11.7. The lowest BCUT2D eigenvalue weighted by molar-refractivity contribution is -0.116. The van der Waals surface area contributed by atoms with Gasteiger partial charge >= 0.3 is 0 Å². The van der Waals surface area contributed by atoms with Crippen LogP contribution in [-0.2, 0) is 18.4 Å². The highest BCUT2D eigenvalue weighted by molar-refractivity contribution is 9.10. The van der Waals surface area contributed by atoms with Crippen LogP contribution in [0.5, 0.6) is 0 Å². The topological polar surface area (TPSA) is 64.7 Å². The molecule has 6 nitrogen and oxygen atoms in total. The van der Waals surface area contributed by atoms with Gasteiger partial charge in [-0.25, -0.2) is 0 Å². The van der Waals surface area contributed by atoms with E-state index in [2.05, 4.69) is 31.4 Å². The van der Waals surface area contributed by atoms with Crippen LogP contribution in [0, 0.1) is 6.92 Å². The van der Waals surface area contributed by atoms with Crippen molar-refractivity contribution in [3.05, 3.63) is 28.8 Å². The van der Waals surface area contributed by atoms with Gasteiger partial charge in [0.25, 0.3) is 0 Å². The van der Waals surface area contributed by atoms with Crippen molar-refractivity contribution < 1.29 is 4.79 Å². The van der Waals surface area contributed by atoms with Gasteiger partial charge in [0.1, 0.15) is 6.54 Å². The molecule has 17 heavy (non-hydrogen) atoms. The van der Waals surface area contributed by atoms with E-state index in [-0.39, 0.29) is 12.5 Å². The summed E-state index contributed by atoms with van der Waals surface area (Å²) in [5, 5.41) is 10.9. The number of carbonyl (C=O) groups excluding carboxylic acids is 1.